The van der Waals surface area contributed by atoms with E-state index in [2.05, 4.69) is 10.2 Å². The zero-order valence-electron chi connectivity index (χ0n) is 11.1. The number of hydrogen-bond acceptors (Lipinski definition) is 4. The summed E-state index contributed by atoms with van der Waals surface area (Å²) in [6, 6.07) is 4.18. The van der Waals surface area contributed by atoms with E-state index in [1.807, 2.05) is 0 Å². The van der Waals surface area contributed by atoms with Gasteiger partial charge in [0.15, 0.2) is 12.0 Å². The zero-order valence-corrected chi connectivity index (χ0v) is 11.9. The smallest absolute Gasteiger partial charge is 0.357 e. The first-order valence-electron chi connectivity index (χ1n) is 6.14. The lowest BCUT2D eigenvalue weighted by molar-refractivity contribution is 0.0332. The number of aromatic amines is 1. The van der Waals surface area contributed by atoms with Crippen LogP contribution in [0, 0.1) is 5.82 Å². The summed E-state index contributed by atoms with van der Waals surface area (Å²) in [5, 5.41) is 6.40. The van der Waals surface area contributed by atoms with Crippen molar-refractivity contribution in [3.8, 4) is 0 Å². The van der Waals surface area contributed by atoms with Gasteiger partial charge in [0.1, 0.15) is 11.9 Å². The summed E-state index contributed by atoms with van der Waals surface area (Å²) in [5.41, 5.74) is 0.438. The number of carbonyl (C=O) groups is 2. The fourth-order valence-corrected chi connectivity index (χ4v) is 2.04. The highest BCUT2D eigenvalue weighted by atomic mass is 35.5. The molecular formula is C14H12ClFN2O3. The van der Waals surface area contributed by atoms with E-state index in [1.54, 1.807) is 6.92 Å². The van der Waals surface area contributed by atoms with Crippen LogP contribution in [-0.2, 0) is 11.2 Å². The average Bonchev–Trinajstić information content (AvgIpc) is 2.91. The SMILES string of the molecule is CC(Cc1cc(Cl)ccc1F)OC(=O)c1[nH]ncc1C=O. The molecule has 1 aromatic carbocycles. The van der Waals surface area contributed by atoms with Crippen LogP contribution in [0.4, 0.5) is 4.39 Å². The van der Waals surface area contributed by atoms with Gasteiger partial charge in [-0.2, -0.15) is 5.10 Å². The van der Waals surface area contributed by atoms with Gasteiger partial charge in [0.25, 0.3) is 0 Å². The fourth-order valence-electron chi connectivity index (χ4n) is 1.84. The van der Waals surface area contributed by atoms with E-state index in [4.69, 9.17) is 16.3 Å². The van der Waals surface area contributed by atoms with Gasteiger partial charge in [-0.15, -0.1) is 0 Å². The standard InChI is InChI=1S/C14H12ClFN2O3/c1-8(4-9-5-11(15)2-3-12(9)16)21-14(20)13-10(7-19)6-17-18-13/h2-3,5-8H,4H2,1H3,(H,17,18). The Labute approximate surface area is 125 Å². The first-order valence-corrected chi connectivity index (χ1v) is 6.52. The Balaban J connectivity index is 2.04. The van der Waals surface area contributed by atoms with Crippen LogP contribution in [0.3, 0.4) is 0 Å². The van der Waals surface area contributed by atoms with Gasteiger partial charge in [-0.1, -0.05) is 11.6 Å². The van der Waals surface area contributed by atoms with Crippen LogP contribution in [0.5, 0.6) is 0 Å². The minimum atomic E-state index is -0.718. The van der Waals surface area contributed by atoms with E-state index in [0.29, 0.717) is 16.9 Å². The third-order valence-corrected chi connectivity index (χ3v) is 3.06. The van der Waals surface area contributed by atoms with E-state index in [0.717, 1.165) is 0 Å². The molecule has 0 fully saturated rings. The Morgan fingerprint density at radius 3 is 3.05 bits per heavy atom. The number of nitrogens with zero attached hydrogens (tertiary/aromatic N) is 1. The average molecular weight is 311 g/mol. The molecule has 0 bridgehead atoms. The highest BCUT2D eigenvalue weighted by molar-refractivity contribution is 6.30. The van der Waals surface area contributed by atoms with Crippen molar-refractivity contribution in [1.82, 2.24) is 10.2 Å². The minimum absolute atomic E-state index is 0.0246. The van der Waals surface area contributed by atoms with Crippen LogP contribution in [0.25, 0.3) is 0 Å². The van der Waals surface area contributed by atoms with Crippen LogP contribution in [0.2, 0.25) is 5.02 Å². The summed E-state index contributed by atoms with van der Waals surface area (Å²) in [6.07, 6.45) is 1.31. The lowest BCUT2D eigenvalue weighted by atomic mass is 10.1. The fraction of sp³-hybridized carbons (Fsp3) is 0.214. The number of carbonyl (C=O) groups excluding carboxylic acids is 2. The van der Waals surface area contributed by atoms with Crippen molar-refractivity contribution in [2.45, 2.75) is 19.4 Å². The molecule has 1 N–H and O–H groups in total. The largest absolute Gasteiger partial charge is 0.458 e. The topological polar surface area (TPSA) is 72.1 Å². The summed E-state index contributed by atoms with van der Waals surface area (Å²) in [5.74, 6) is -1.14. The lowest BCUT2D eigenvalue weighted by Gasteiger charge is -2.13. The van der Waals surface area contributed by atoms with Gasteiger partial charge in [-0.3, -0.25) is 9.89 Å². The van der Waals surface area contributed by atoms with E-state index >= 15 is 0 Å². The molecule has 2 rings (SSSR count). The van der Waals surface area contributed by atoms with Gasteiger partial charge in [-0.25, -0.2) is 9.18 Å². The zero-order chi connectivity index (χ0) is 15.4. The molecule has 0 spiro atoms. The van der Waals surface area contributed by atoms with Crippen LogP contribution in [0.1, 0.15) is 33.3 Å². The van der Waals surface area contributed by atoms with E-state index in [1.165, 1.54) is 24.4 Å². The van der Waals surface area contributed by atoms with Crippen molar-refractivity contribution < 1.29 is 18.7 Å². The summed E-state index contributed by atoms with van der Waals surface area (Å²) in [4.78, 5) is 22.6. The molecule has 1 unspecified atom stereocenters. The third-order valence-electron chi connectivity index (χ3n) is 2.82. The highest BCUT2D eigenvalue weighted by Crippen LogP contribution is 2.17. The molecule has 0 amide bonds. The molecular weight excluding hydrogens is 299 g/mol. The van der Waals surface area contributed by atoms with Gasteiger partial charge < -0.3 is 4.74 Å². The molecule has 0 aliphatic rings. The number of aromatic nitrogens is 2. The normalized spacial score (nSPS) is 12.0. The molecule has 5 nitrogen and oxygen atoms in total. The highest BCUT2D eigenvalue weighted by Gasteiger charge is 2.18. The number of rotatable bonds is 5. The Bertz CT molecular complexity index is 672. The molecule has 0 saturated heterocycles. The molecule has 0 aliphatic carbocycles. The van der Waals surface area contributed by atoms with Crippen molar-refractivity contribution in [1.29, 1.82) is 0 Å². The number of hydrogen-bond donors (Lipinski definition) is 1. The van der Waals surface area contributed by atoms with E-state index < -0.39 is 17.9 Å². The summed E-state index contributed by atoms with van der Waals surface area (Å²) < 4.78 is 18.8. The quantitative estimate of drug-likeness (QED) is 0.681. The van der Waals surface area contributed by atoms with Crippen LogP contribution in [-0.4, -0.2) is 28.6 Å². The predicted octanol–water partition coefficient (Wildman–Crippen LogP) is 2.80. The van der Waals surface area contributed by atoms with E-state index in [-0.39, 0.29) is 17.7 Å². The summed E-state index contributed by atoms with van der Waals surface area (Å²) in [6.45, 7) is 1.62. The molecule has 1 heterocycles. The third kappa shape index (κ3) is 3.66. The molecule has 2 aromatic rings. The van der Waals surface area contributed by atoms with Crippen molar-refractivity contribution >= 4 is 23.9 Å². The maximum Gasteiger partial charge on any atom is 0.357 e. The monoisotopic (exact) mass is 310 g/mol. The Morgan fingerprint density at radius 2 is 2.33 bits per heavy atom. The number of H-pyrrole nitrogens is 1. The Morgan fingerprint density at radius 1 is 1.57 bits per heavy atom. The first kappa shape index (κ1) is 15.2. The molecule has 110 valence electrons. The van der Waals surface area contributed by atoms with Gasteiger partial charge >= 0.3 is 5.97 Å². The molecule has 1 aromatic heterocycles. The molecule has 0 radical (unpaired) electrons. The Hall–Kier alpha value is -2.21. The number of benzene rings is 1. The molecule has 0 saturated carbocycles. The van der Waals surface area contributed by atoms with Crippen LogP contribution in [0.15, 0.2) is 24.4 Å². The summed E-state index contributed by atoms with van der Waals surface area (Å²) in [7, 11) is 0. The minimum Gasteiger partial charge on any atom is -0.458 e. The van der Waals surface area contributed by atoms with Gasteiger partial charge in [0.2, 0.25) is 0 Å². The van der Waals surface area contributed by atoms with Crippen LogP contribution >= 0.6 is 11.6 Å². The Kier molecular flexibility index (Phi) is 4.70. The number of halogens is 2. The lowest BCUT2D eigenvalue weighted by Crippen LogP contribution is -2.19. The number of nitrogens with one attached hydrogen (secondary N) is 1. The molecule has 21 heavy (non-hydrogen) atoms. The van der Waals surface area contributed by atoms with Crippen molar-refractivity contribution in [2.75, 3.05) is 0 Å². The number of ether oxygens (including phenoxy) is 1. The van der Waals surface area contributed by atoms with Gasteiger partial charge in [0.05, 0.1) is 11.8 Å². The second kappa shape index (κ2) is 6.49. The maximum atomic E-state index is 13.6. The summed E-state index contributed by atoms with van der Waals surface area (Å²) >= 11 is 5.80. The number of esters is 1. The predicted molar refractivity (Wildman–Crippen MR) is 74.0 cm³/mol. The first-order chi connectivity index (χ1) is 10.0. The van der Waals surface area contributed by atoms with Gasteiger partial charge in [0, 0.05) is 11.4 Å². The van der Waals surface area contributed by atoms with Crippen molar-refractivity contribution in [3.05, 3.63) is 52.1 Å². The maximum absolute atomic E-state index is 13.6. The molecule has 1 atom stereocenters. The van der Waals surface area contributed by atoms with Crippen molar-refractivity contribution in [2.24, 2.45) is 0 Å². The van der Waals surface area contributed by atoms with Gasteiger partial charge in [-0.05, 0) is 30.7 Å². The van der Waals surface area contributed by atoms with Crippen molar-refractivity contribution in [3.63, 3.8) is 0 Å². The molecule has 0 aliphatic heterocycles. The number of aldehydes is 1. The van der Waals surface area contributed by atoms with E-state index in [9.17, 15) is 14.0 Å². The second-order valence-electron chi connectivity index (χ2n) is 4.47. The second-order valence-corrected chi connectivity index (χ2v) is 4.91. The van der Waals surface area contributed by atoms with Crippen LogP contribution < -0.4 is 0 Å². The molecule has 7 heteroatoms.